The van der Waals surface area contributed by atoms with Gasteiger partial charge in [0.1, 0.15) is 0 Å². The Morgan fingerprint density at radius 3 is 2.68 bits per heavy atom. The number of carbonyl (C=O) groups excluding carboxylic acids is 1. The van der Waals surface area contributed by atoms with Crippen LogP contribution in [-0.2, 0) is 4.79 Å². The van der Waals surface area contributed by atoms with Crippen LogP contribution < -0.4 is 10.7 Å². The van der Waals surface area contributed by atoms with Gasteiger partial charge in [0.2, 0.25) is 0 Å². The van der Waals surface area contributed by atoms with Gasteiger partial charge in [0, 0.05) is 18.1 Å². The smallest absolute Gasteiger partial charge is 0.259 e. The lowest BCUT2D eigenvalue weighted by atomic mass is 10.0. The van der Waals surface area contributed by atoms with Crippen molar-refractivity contribution >= 4 is 17.8 Å². The average Bonchev–Trinajstić information content (AvgIpc) is 2.54. The van der Waals surface area contributed by atoms with E-state index in [4.69, 9.17) is 0 Å². The maximum absolute atomic E-state index is 11.8. The molecule has 0 aliphatic rings. The molecule has 2 rings (SSSR count). The molecular weight excluding hydrogens is 276 g/mol. The maximum atomic E-state index is 11.8. The molecule has 2 N–H and O–H groups in total. The number of pyridine rings is 1. The molecule has 5 heteroatoms. The lowest BCUT2D eigenvalue weighted by Crippen LogP contribution is -2.26. The van der Waals surface area contributed by atoms with Crippen LogP contribution in [0.4, 0.5) is 5.69 Å². The summed E-state index contributed by atoms with van der Waals surface area (Å²) in [5, 5.41) is 7.07. The molecule has 0 aliphatic heterocycles. The number of hydrazone groups is 1. The van der Waals surface area contributed by atoms with Crippen LogP contribution in [0.25, 0.3) is 0 Å². The third-order valence-corrected chi connectivity index (χ3v) is 3.13. The van der Waals surface area contributed by atoms with Gasteiger partial charge in [0.05, 0.1) is 12.8 Å². The first-order valence-corrected chi connectivity index (χ1v) is 7.21. The van der Waals surface area contributed by atoms with Crippen LogP contribution in [0.3, 0.4) is 0 Å². The molecule has 114 valence electrons. The summed E-state index contributed by atoms with van der Waals surface area (Å²) in [6.07, 6.45) is 4.93. The highest BCUT2D eigenvalue weighted by atomic mass is 16.2. The summed E-state index contributed by atoms with van der Waals surface area (Å²) < 4.78 is 0. The zero-order valence-corrected chi connectivity index (χ0v) is 12.8. The lowest BCUT2D eigenvalue weighted by Gasteiger charge is -2.13. The van der Waals surface area contributed by atoms with Crippen LogP contribution in [0.2, 0.25) is 0 Å². The molecule has 1 aromatic carbocycles. The largest absolute Gasteiger partial charge is 0.376 e. The number of nitrogens with one attached hydrogen (secondary N) is 2. The molecule has 0 spiro atoms. The Kier molecular flexibility index (Phi) is 5.65. The van der Waals surface area contributed by atoms with Gasteiger partial charge in [0.15, 0.2) is 0 Å². The van der Waals surface area contributed by atoms with Gasteiger partial charge in [-0.1, -0.05) is 32.0 Å². The van der Waals surface area contributed by atoms with E-state index < -0.39 is 0 Å². The number of aromatic nitrogens is 1. The molecule has 22 heavy (non-hydrogen) atoms. The van der Waals surface area contributed by atoms with Crippen LogP contribution in [0.5, 0.6) is 0 Å². The first kappa shape index (κ1) is 15.7. The van der Waals surface area contributed by atoms with E-state index >= 15 is 0 Å². The van der Waals surface area contributed by atoms with Crippen molar-refractivity contribution < 1.29 is 4.79 Å². The molecule has 0 fully saturated rings. The van der Waals surface area contributed by atoms with E-state index in [1.807, 2.05) is 30.3 Å². The summed E-state index contributed by atoms with van der Waals surface area (Å²) >= 11 is 0. The van der Waals surface area contributed by atoms with Crippen LogP contribution in [-0.4, -0.2) is 23.7 Å². The Bertz CT molecular complexity index is 638. The maximum Gasteiger partial charge on any atom is 0.259 e. The highest BCUT2D eigenvalue weighted by Crippen LogP contribution is 2.23. The van der Waals surface area contributed by atoms with E-state index in [0.717, 1.165) is 11.3 Å². The van der Waals surface area contributed by atoms with Gasteiger partial charge in [-0.05, 0) is 35.2 Å². The van der Waals surface area contributed by atoms with Crippen molar-refractivity contribution in [1.29, 1.82) is 0 Å². The minimum Gasteiger partial charge on any atom is -0.376 e. The predicted octanol–water partition coefficient (Wildman–Crippen LogP) is 2.77. The fourth-order valence-electron chi connectivity index (χ4n) is 2.00. The van der Waals surface area contributed by atoms with E-state index in [1.54, 1.807) is 18.6 Å². The number of amides is 1. The molecule has 1 amide bonds. The second-order valence-corrected chi connectivity index (χ2v) is 5.17. The number of hydrogen-bond acceptors (Lipinski definition) is 4. The molecule has 0 saturated heterocycles. The van der Waals surface area contributed by atoms with Gasteiger partial charge in [-0.2, -0.15) is 5.10 Å². The number of carbonyl (C=O) groups is 1. The number of hydrogen-bond donors (Lipinski definition) is 2. The van der Waals surface area contributed by atoms with Crippen LogP contribution in [0, 0.1) is 0 Å². The Morgan fingerprint density at radius 2 is 1.95 bits per heavy atom. The first-order chi connectivity index (χ1) is 10.7. The van der Waals surface area contributed by atoms with Crippen molar-refractivity contribution in [3.05, 3.63) is 59.9 Å². The minimum atomic E-state index is -0.191. The SMILES string of the molecule is CC(C)c1ccccc1NCC(=O)NN=Cc1ccncc1. The zero-order valence-electron chi connectivity index (χ0n) is 12.8. The molecule has 2 aromatic rings. The predicted molar refractivity (Wildman–Crippen MR) is 89.0 cm³/mol. The third-order valence-electron chi connectivity index (χ3n) is 3.13. The van der Waals surface area contributed by atoms with Gasteiger partial charge >= 0.3 is 0 Å². The lowest BCUT2D eigenvalue weighted by molar-refractivity contribution is -0.119. The number of anilines is 1. The van der Waals surface area contributed by atoms with Gasteiger partial charge in [-0.25, -0.2) is 5.43 Å². The molecule has 0 radical (unpaired) electrons. The van der Waals surface area contributed by atoms with Crippen molar-refractivity contribution in [2.45, 2.75) is 19.8 Å². The third kappa shape index (κ3) is 4.70. The highest BCUT2D eigenvalue weighted by molar-refractivity contribution is 5.84. The normalized spacial score (nSPS) is 10.9. The van der Waals surface area contributed by atoms with Crippen molar-refractivity contribution in [1.82, 2.24) is 10.4 Å². The van der Waals surface area contributed by atoms with Gasteiger partial charge < -0.3 is 5.32 Å². The summed E-state index contributed by atoms with van der Waals surface area (Å²) in [7, 11) is 0. The van der Waals surface area contributed by atoms with Gasteiger partial charge in [-0.15, -0.1) is 0 Å². The summed E-state index contributed by atoms with van der Waals surface area (Å²) in [6, 6.07) is 11.6. The molecule has 0 unspecified atom stereocenters. The Morgan fingerprint density at radius 1 is 1.23 bits per heavy atom. The van der Waals surface area contributed by atoms with E-state index in [9.17, 15) is 4.79 Å². The molecule has 1 heterocycles. The van der Waals surface area contributed by atoms with Gasteiger partial charge in [-0.3, -0.25) is 9.78 Å². The number of nitrogens with zero attached hydrogens (tertiary/aromatic N) is 2. The quantitative estimate of drug-likeness (QED) is 0.636. The van der Waals surface area contributed by atoms with Crippen LogP contribution in [0.15, 0.2) is 53.9 Å². The number of rotatable bonds is 6. The standard InChI is InChI=1S/C17H20N4O/c1-13(2)15-5-3-4-6-16(15)19-12-17(22)21-20-11-14-7-9-18-10-8-14/h3-11,13,19H,12H2,1-2H3,(H,21,22). The van der Waals surface area contributed by atoms with Crippen molar-refractivity contribution in [3.8, 4) is 0 Å². The monoisotopic (exact) mass is 296 g/mol. The molecule has 0 saturated carbocycles. The number of benzene rings is 1. The first-order valence-electron chi connectivity index (χ1n) is 7.21. The molecule has 0 atom stereocenters. The Balaban J connectivity index is 1.85. The fraction of sp³-hybridized carbons (Fsp3) is 0.235. The minimum absolute atomic E-state index is 0.178. The Labute approximate surface area is 130 Å². The summed E-state index contributed by atoms with van der Waals surface area (Å²) in [4.78, 5) is 15.7. The summed E-state index contributed by atoms with van der Waals surface area (Å²) in [6.45, 7) is 4.43. The second kappa shape index (κ2) is 7.93. The van der Waals surface area contributed by atoms with E-state index in [1.165, 1.54) is 5.56 Å². The van der Waals surface area contributed by atoms with Crippen molar-refractivity contribution in [3.63, 3.8) is 0 Å². The summed E-state index contributed by atoms with van der Waals surface area (Å²) in [5.41, 5.74) is 5.55. The zero-order chi connectivity index (χ0) is 15.8. The average molecular weight is 296 g/mol. The molecule has 0 aliphatic carbocycles. The van der Waals surface area contributed by atoms with Crippen LogP contribution in [0.1, 0.15) is 30.9 Å². The highest BCUT2D eigenvalue weighted by Gasteiger charge is 2.06. The van der Waals surface area contributed by atoms with Crippen LogP contribution >= 0.6 is 0 Å². The molecular formula is C17H20N4O. The number of para-hydroxylation sites is 1. The summed E-state index contributed by atoms with van der Waals surface area (Å²) in [5.74, 6) is 0.209. The van der Waals surface area contributed by atoms with Gasteiger partial charge in [0.25, 0.3) is 5.91 Å². The van der Waals surface area contributed by atoms with E-state index in [-0.39, 0.29) is 12.5 Å². The van der Waals surface area contributed by atoms with E-state index in [0.29, 0.717) is 5.92 Å². The topological polar surface area (TPSA) is 66.4 Å². The van der Waals surface area contributed by atoms with Crippen molar-refractivity contribution in [2.75, 3.05) is 11.9 Å². The van der Waals surface area contributed by atoms with Crippen molar-refractivity contribution in [2.24, 2.45) is 5.10 Å². The molecule has 0 bridgehead atoms. The van der Waals surface area contributed by atoms with E-state index in [2.05, 4.69) is 40.7 Å². The molecule has 1 aromatic heterocycles. The Hall–Kier alpha value is -2.69. The fourth-order valence-corrected chi connectivity index (χ4v) is 2.00. The molecule has 5 nitrogen and oxygen atoms in total. The second-order valence-electron chi connectivity index (χ2n) is 5.17.